The molecule has 0 fully saturated rings. The van der Waals surface area contributed by atoms with Gasteiger partial charge in [0, 0.05) is 12.3 Å². The first kappa shape index (κ1) is 11.4. The number of benzene rings is 1. The molecule has 4 nitrogen and oxygen atoms in total. The fraction of sp³-hybridized carbons (Fsp3) is 0.167. The number of hydrogen-bond acceptors (Lipinski definition) is 5. The minimum atomic E-state index is 0.451. The van der Waals surface area contributed by atoms with E-state index in [1.54, 1.807) is 37.0 Å². The highest BCUT2D eigenvalue weighted by molar-refractivity contribution is 7.09. The van der Waals surface area contributed by atoms with Crippen molar-refractivity contribution in [1.29, 1.82) is 5.26 Å². The summed E-state index contributed by atoms with van der Waals surface area (Å²) >= 11 is 1.53. The maximum atomic E-state index is 8.78. The Balaban J connectivity index is 2.13. The largest absolute Gasteiger partial charge is 0.493 e. The van der Waals surface area contributed by atoms with E-state index in [1.807, 2.05) is 0 Å². The van der Waals surface area contributed by atoms with E-state index in [2.05, 4.69) is 11.1 Å². The van der Waals surface area contributed by atoms with E-state index >= 15 is 0 Å². The van der Waals surface area contributed by atoms with Gasteiger partial charge in [0.15, 0.2) is 11.5 Å². The van der Waals surface area contributed by atoms with Crippen LogP contribution in [0.1, 0.15) is 10.4 Å². The van der Waals surface area contributed by atoms with Crippen LogP contribution in [-0.2, 0) is 6.61 Å². The van der Waals surface area contributed by atoms with Crippen LogP contribution in [0.3, 0.4) is 0 Å². The van der Waals surface area contributed by atoms with Crippen molar-refractivity contribution in [3.05, 3.63) is 40.3 Å². The van der Waals surface area contributed by atoms with E-state index in [0.717, 1.165) is 4.88 Å². The predicted octanol–water partition coefficient (Wildman–Crippen LogP) is 2.60. The summed E-state index contributed by atoms with van der Waals surface area (Å²) in [4.78, 5) is 5.01. The zero-order valence-electron chi connectivity index (χ0n) is 9.21. The zero-order valence-corrected chi connectivity index (χ0v) is 10.0. The van der Waals surface area contributed by atoms with Gasteiger partial charge in [-0.2, -0.15) is 5.26 Å². The van der Waals surface area contributed by atoms with Crippen LogP contribution in [0.4, 0.5) is 0 Å². The summed E-state index contributed by atoms with van der Waals surface area (Å²) in [5.41, 5.74) is 2.31. The Morgan fingerprint density at radius 2 is 2.29 bits per heavy atom. The van der Waals surface area contributed by atoms with Crippen LogP contribution < -0.4 is 9.47 Å². The highest BCUT2D eigenvalue weighted by atomic mass is 32.1. The molecule has 0 aliphatic heterocycles. The molecule has 0 N–H and O–H groups in total. The van der Waals surface area contributed by atoms with Gasteiger partial charge in [0.1, 0.15) is 6.61 Å². The normalized spacial score (nSPS) is 9.65. The van der Waals surface area contributed by atoms with Gasteiger partial charge < -0.3 is 9.47 Å². The van der Waals surface area contributed by atoms with Crippen molar-refractivity contribution in [2.24, 2.45) is 0 Å². The second-order valence-electron chi connectivity index (χ2n) is 3.23. The van der Waals surface area contributed by atoms with Gasteiger partial charge in [-0.25, -0.2) is 0 Å². The Kier molecular flexibility index (Phi) is 3.58. The van der Waals surface area contributed by atoms with Crippen LogP contribution >= 0.6 is 11.3 Å². The summed E-state index contributed by atoms with van der Waals surface area (Å²) in [5.74, 6) is 1.19. The van der Waals surface area contributed by atoms with Crippen LogP contribution in [0.2, 0.25) is 0 Å². The first-order chi connectivity index (χ1) is 8.33. The summed E-state index contributed by atoms with van der Waals surface area (Å²) in [6.07, 6.45) is 1.76. The molecule has 0 spiro atoms. The van der Waals surface area contributed by atoms with Crippen molar-refractivity contribution in [3.8, 4) is 17.6 Å². The van der Waals surface area contributed by atoms with E-state index in [9.17, 15) is 0 Å². The number of aromatic nitrogens is 1. The van der Waals surface area contributed by atoms with Crippen molar-refractivity contribution in [3.63, 3.8) is 0 Å². The lowest BCUT2D eigenvalue weighted by Gasteiger charge is -2.09. The van der Waals surface area contributed by atoms with Gasteiger partial charge in [0.25, 0.3) is 0 Å². The van der Waals surface area contributed by atoms with Gasteiger partial charge in [-0.3, -0.25) is 4.98 Å². The highest BCUT2D eigenvalue weighted by Crippen LogP contribution is 2.28. The number of nitriles is 1. The number of thiazole rings is 1. The van der Waals surface area contributed by atoms with Gasteiger partial charge in [0.2, 0.25) is 0 Å². The number of methoxy groups -OCH3 is 1. The van der Waals surface area contributed by atoms with Crippen LogP contribution in [0.5, 0.6) is 11.5 Å². The van der Waals surface area contributed by atoms with Crippen molar-refractivity contribution < 1.29 is 9.47 Å². The summed E-state index contributed by atoms with van der Waals surface area (Å²) in [6.45, 7) is 0.451. The quantitative estimate of drug-likeness (QED) is 0.832. The first-order valence-corrected chi connectivity index (χ1v) is 5.79. The maximum Gasteiger partial charge on any atom is 0.162 e. The SMILES string of the molecule is COc1cc(C#N)ccc1OCc1cncs1. The lowest BCUT2D eigenvalue weighted by molar-refractivity contribution is 0.287. The molecule has 1 heterocycles. The molecule has 0 saturated carbocycles. The lowest BCUT2D eigenvalue weighted by Crippen LogP contribution is -1.96. The minimum absolute atomic E-state index is 0.451. The molecule has 0 bridgehead atoms. The van der Waals surface area contributed by atoms with E-state index in [0.29, 0.717) is 23.7 Å². The molecule has 0 aliphatic rings. The smallest absolute Gasteiger partial charge is 0.162 e. The summed E-state index contributed by atoms with van der Waals surface area (Å²) in [7, 11) is 1.55. The van der Waals surface area contributed by atoms with Gasteiger partial charge in [-0.15, -0.1) is 11.3 Å². The molecule has 1 aromatic heterocycles. The van der Waals surface area contributed by atoms with Crippen molar-refractivity contribution in [2.45, 2.75) is 6.61 Å². The highest BCUT2D eigenvalue weighted by Gasteiger charge is 2.06. The molecule has 0 radical (unpaired) electrons. The number of ether oxygens (including phenoxy) is 2. The molecule has 5 heteroatoms. The van der Waals surface area contributed by atoms with Crippen LogP contribution in [0, 0.1) is 11.3 Å². The van der Waals surface area contributed by atoms with Crippen LogP contribution in [0.25, 0.3) is 0 Å². The molecule has 2 aromatic rings. The Bertz CT molecular complexity index is 532. The summed E-state index contributed by atoms with van der Waals surface area (Å²) in [6, 6.07) is 7.14. The molecule has 86 valence electrons. The first-order valence-electron chi connectivity index (χ1n) is 4.92. The average Bonchev–Trinajstić information content (AvgIpc) is 2.89. The molecule has 0 unspecified atom stereocenters. The van der Waals surface area contributed by atoms with Gasteiger partial charge in [0.05, 0.1) is 29.1 Å². The standard InChI is InChI=1S/C12H10N2O2S/c1-15-12-4-9(5-13)2-3-11(12)16-7-10-6-14-8-17-10/h2-4,6,8H,7H2,1H3. The van der Waals surface area contributed by atoms with E-state index < -0.39 is 0 Å². The molecule has 0 atom stereocenters. The Morgan fingerprint density at radius 3 is 2.94 bits per heavy atom. The molecule has 1 aromatic carbocycles. The predicted molar refractivity (Wildman–Crippen MR) is 64.2 cm³/mol. The number of hydrogen-bond donors (Lipinski definition) is 0. The fourth-order valence-corrected chi connectivity index (χ4v) is 1.82. The molecule has 2 rings (SSSR count). The lowest BCUT2D eigenvalue weighted by atomic mass is 10.2. The number of nitrogens with zero attached hydrogens (tertiary/aromatic N) is 2. The van der Waals surface area contributed by atoms with E-state index in [4.69, 9.17) is 14.7 Å². The van der Waals surface area contributed by atoms with Gasteiger partial charge in [-0.1, -0.05) is 0 Å². The molecule has 0 saturated heterocycles. The topological polar surface area (TPSA) is 55.1 Å². The molecule has 0 amide bonds. The molecular formula is C12H10N2O2S. The Hall–Kier alpha value is -2.06. The second kappa shape index (κ2) is 5.32. The third-order valence-electron chi connectivity index (χ3n) is 2.15. The van der Waals surface area contributed by atoms with Gasteiger partial charge >= 0.3 is 0 Å². The molecular weight excluding hydrogens is 236 g/mol. The monoisotopic (exact) mass is 246 g/mol. The van der Waals surface area contributed by atoms with Crippen molar-refractivity contribution >= 4 is 11.3 Å². The van der Waals surface area contributed by atoms with E-state index in [1.165, 1.54) is 11.3 Å². The zero-order chi connectivity index (χ0) is 12.1. The van der Waals surface area contributed by atoms with Crippen molar-refractivity contribution in [1.82, 2.24) is 4.98 Å². The second-order valence-corrected chi connectivity index (χ2v) is 4.20. The van der Waals surface area contributed by atoms with Gasteiger partial charge in [-0.05, 0) is 12.1 Å². The maximum absolute atomic E-state index is 8.78. The Labute approximate surface area is 103 Å². The van der Waals surface area contributed by atoms with E-state index in [-0.39, 0.29) is 0 Å². The summed E-state index contributed by atoms with van der Waals surface area (Å²) in [5, 5.41) is 8.78. The van der Waals surface area contributed by atoms with Crippen molar-refractivity contribution in [2.75, 3.05) is 7.11 Å². The minimum Gasteiger partial charge on any atom is -0.493 e. The molecule has 17 heavy (non-hydrogen) atoms. The third-order valence-corrected chi connectivity index (χ3v) is 2.90. The van der Waals surface area contributed by atoms with Crippen LogP contribution in [-0.4, -0.2) is 12.1 Å². The Morgan fingerprint density at radius 1 is 1.41 bits per heavy atom. The molecule has 0 aliphatic carbocycles. The average molecular weight is 246 g/mol. The number of rotatable bonds is 4. The van der Waals surface area contributed by atoms with Crippen LogP contribution in [0.15, 0.2) is 29.9 Å². The summed E-state index contributed by atoms with van der Waals surface area (Å²) < 4.78 is 10.8. The third kappa shape index (κ3) is 2.74. The fourth-order valence-electron chi connectivity index (χ4n) is 1.32.